The van der Waals surface area contributed by atoms with Crippen LogP contribution >= 0.6 is 11.3 Å². The number of ether oxygens (including phenoxy) is 1. The second-order valence-corrected chi connectivity index (χ2v) is 8.37. The van der Waals surface area contributed by atoms with Gasteiger partial charge in [-0.25, -0.2) is 4.98 Å². The Hall–Kier alpha value is -3.01. The third kappa shape index (κ3) is 3.33. The maximum atomic E-state index is 12.9. The minimum Gasteiger partial charge on any atom is -0.493 e. The second-order valence-electron chi connectivity index (χ2n) is 7.29. The number of rotatable bonds is 4. The summed E-state index contributed by atoms with van der Waals surface area (Å²) in [4.78, 5) is 18.6. The molecular weight excluding hydrogens is 382 g/mol. The van der Waals surface area contributed by atoms with Crippen molar-refractivity contribution in [2.24, 2.45) is 0 Å². The summed E-state index contributed by atoms with van der Waals surface area (Å²) in [6.07, 6.45) is 1.96. The van der Waals surface area contributed by atoms with Crippen molar-refractivity contribution in [1.29, 1.82) is 5.26 Å². The Kier molecular flexibility index (Phi) is 4.62. The fourth-order valence-corrected chi connectivity index (χ4v) is 4.96. The highest BCUT2D eigenvalue weighted by atomic mass is 32.1. The molecule has 0 spiro atoms. The summed E-state index contributed by atoms with van der Waals surface area (Å²) < 4.78 is 5.68. The van der Waals surface area contributed by atoms with Crippen molar-refractivity contribution in [2.45, 2.75) is 25.8 Å². The standard InChI is InChI=1S/C23H19N3O2S/c24-12-18-15(10-20(27)23-26-19-6-8-25-13-22(19)29-23)2-1-3-17(18)16-5-4-14-7-9-28-21(14)11-16/h1-5,11,25H,6-10,13H2. The normalized spacial score (nSPS) is 14.6. The van der Waals surface area contributed by atoms with Crippen LogP contribution < -0.4 is 10.1 Å². The topological polar surface area (TPSA) is 75.0 Å². The molecule has 5 rings (SSSR count). The molecule has 0 radical (unpaired) electrons. The molecule has 144 valence electrons. The average Bonchev–Trinajstić information content (AvgIpc) is 3.39. The highest BCUT2D eigenvalue weighted by Crippen LogP contribution is 2.33. The number of benzene rings is 2. The number of fused-ring (bicyclic) bond motifs is 2. The molecule has 0 aliphatic carbocycles. The van der Waals surface area contributed by atoms with Crippen LogP contribution in [0, 0.1) is 11.3 Å². The zero-order valence-electron chi connectivity index (χ0n) is 15.8. The van der Waals surface area contributed by atoms with Gasteiger partial charge in [-0.3, -0.25) is 4.79 Å². The van der Waals surface area contributed by atoms with E-state index in [1.165, 1.54) is 16.9 Å². The van der Waals surface area contributed by atoms with Gasteiger partial charge >= 0.3 is 0 Å². The van der Waals surface area contributed by atoms with Gasteiger partial charge in [0.2, 0.25) is 0 Å². The molecule has 0 atom stereocenters. The number of thiazole rings is 1. The molecule has 1 N–H and O–H groups in total. The molecule has 2 aliphatic rings. The predicted molar refractivity (Wildman–Crippen MR) is 111 cm³/mol. The van der Waals surface area contributed by atoms with Gasteiger partial charge < -0.3 is 10.1 Å². The third-order valence-corrected chi connectivity index (χ3v) is 6.60. The first kappa shape index (κ1) is 18.0. The molecule has 29 heavy (non-hydrogen) atoms. The number of nitrogens with one attached hydrogen (secondary N) is 1. The van der Waals surface area contributed by atoms with Crippen LogP contribution in [0.1, 0.15) is 37.1 Å². The number of nitrogens with zero attached hydrogens (tertiary/aromatic N) is 2. The van der Waals surface area contributed by atoms with Crippen LogP contribution in [-0.2, 0) is 25.8 Å². The van der Waals surface area contributed by atoms with E-state index in [1.54, 1.807) is 0 Å². The number of nitriles is 1. The molecule has 3 heterocycles. The summed E-state index contributed by atoms with van der Waals surface area (Å²) in [6, 6.07) is 14.1. The molecule has 0 bridgehead atoms. The maximum Gasteiger partial charge on any atom is 0.195 e. The number of carbonyl (C=O) groups is 1. The Labute approximate surface area is 173 Å². The Morgan fingerprint density at radius 3 is 3.07 bits per heavy atom. The summed E-state index contributed by atoms with van der Waals surface area (Å²) >= 11 is 1.47. The summed E-state index contributed by atoms with van der Waals surface area (Å²) in [7, 11) is 0. The minimum atomic E-state index is -0.0321. The van der Waals surface area contributed by atoms with Gasteiger partial charge in [-0.05, 0) is 28.3 Å². The van der Waals surface area contributed by atoms with Crippen molar-refractivity contribution in [3.05, 3.63) is 68.7 Å². The lowest BCUT2D eigenvalue weighted by Crippen LogP contribution is -2.22. The molecule has 6 heteroatoms. The number of hydrogen-bond donors (Lipinski definition) is 1. The van der Waals surface area contributed by atoms with Crippen molar-refractivity contribution < 1.29 is 9.53 Å². The van der Waals surface area contributed by atoms with Crippen LogP contribution in [0.2, 0.25) is 0 Å². The molecule has 2 aliphatic heterocycles. The first-order valence-electron chi connectivity index (χ1n) is 9.73. The van der Waals surface area contributed by atoms with Crippen LogP contribution in [0.15, 0.2) is 36.4 Å². The van der Waals surface area contributed by atoms with E-state index < -0.39 is 0 Å². The van der Waals surface area contributed by atoms with Crippen LogP contribution in [0.5, 0.6) is 5.75 Å². The number of hydrogen-bond acceptors (Lipinski definition) is 6. The number of ketones is 1. The summed E-state index contributed by atoms with van der Waals surface area (Å²) in [5.74, 6) is 0.852. The lowest BCUT2D eigenvalue weighted by atomic mass is 9.93. The van der Waals surface area contributed by atoms with Gasteiger partial charge in [0.25, 0.3) is 0 Å². The van der Waals surface area contributed by atoms with Crippen molar-refractivity contribution >= 4 is 17.1 Å². The molecular formula is C23H19N3O2S. The van der Waals surface area contributed by atoms with E-state index in [9.17, 15) is 10.1 Å². The van der Waals surface area contributed by atoms with Crippen LogP contribution in [0.4, 0.5) is 0 Å². The Balaban J connectivity index is 1.46. The molecule has 1 aromatic heterocycles. The van der Waals surface area contributed by atoms with E-state index >= 15 is 0 Å². The lowest BCUT2D eigenvalue weighted by molar-refractivity contribution is 0.0992. The second kappa shape index (κ2) is 7.43. The first-order chi connectivity index (χ1) is 14.2. The van der Waals surface area contributed by atoms with Gasteiger partial charge in [-0.15, -0.1) is 11.3 Å². The Morgan fingerprint density at radius 2 is 2.21 bits per heavy atom. The largest absolute Gasteiger partial charge is 0.493 e. The predicted octanol–water partition coefficient (Wildman–Crippen LogP) is 3.69. The van der Waals surface area contributed by atoms with Gasteiger partial charge in [-0.2, -0.15) is 5.26 Å². The molecule has 0 saturated carbocycles. The van der Waals surface area contributed by atoms with E-state index in [0.29, 0.717) is 17.2 Å². The average molecular weight is 401 g/mol. The van der Waals surface area contributed by atoms with E-state index in [1.807, 2.05) is 30.3 Å². The highest BCUT2D eigenvalue weighted by Gasteiger charge is 2.21. The quantitative estimate of drug-likeness (QED) is 0.675. The van der Waals surface area contributed by atoms with Gasteiger partial charge in [0.05, 0.1) is 17.9 Å². The minimum absolute atomic E-state index is 0.0321. The van der Waals surface area contributed by atoms with Gasteiger partial charge in [-0.1, -0.05) is 30.3 Å². The van der Waals surface area contributed by atoms with E-state index in [0.717, 1.165) is 58.9 Å². The number of aromatic nitrogens is 1. The van der Waals surface area contributed by atoms with Crippen LogP contribution in [0.25, 0.3) is 11.1 Å². The molecule has 0 fully saturated rings. The maximum absolute atomic E-state index is 12.9. The molecule has 3 aromatic rings. The fourth-order valence-electron chi connectivity index (χ4n) is 3.95. The first-order valence-corrected chi connectivity index (χ1v) is 10.5. The van der Waals surface area contributed by atoms with Crippen molar-refractivity contribution in [1.82, 2.24) is 10.3 Å². The van der Waals surface area contributed by atoms with Gasteiger partial charge in [0, 0.05) is 37.2 Å². The lowest BCUT2D eigenvalue weighted by Gasteiger charge is -2.10. The van der Waals surface area contributed by atoms with Gasteiger partial charge in [0.1, 0.15) is 11.8 Å². The molecule has 5 nitrogen and oxygen atoms in total. The van der Waals surface area contributed by atoms with E-state index in [4.69, 9.17) is 4.74 Å². The van der Waals surface area contributed by atoms with Crippen LogP contribution in [0.3, 0.4) is 0 Å². The van der Waals surface area contributed by atoms with Crippen LogP contribution in [-0.4, -0.2) is 23.9 Å². The zero-order chi connectivity index (χ0) is 19.8. The smallest absolute Gasteiger partial charge is 0.195 e. The molecule has 0 unspecified atom stereocenters. The zero-order valence-corrected chi connectivity index (χ0v) is 16.6. The SMILES string of the molecule is N#Cc1c(CC(=O)c2nc3c(s2)CNCC3)cccc1-c1ccc2c(c1)OCC2. The van der Waals surface area contributed by atoms with Crippen molar-refractivity contribution in [2.75, 3.05) is 13.2 Å². The highest BCUT2D eigenvalue weighted by molar-refractivity contribution is 7.13. The van der Waals surface area contributed by atoms with Crippen molar-refractivity contribution in [3.63, 3.8) is 0 Å². The molecule has 2 aromatic carbocycles. The summed E-state index contributed by atoms with van der Waals surface area (Å²) in [5, 5.41) is 13.7. The van der Waals surface area contributed by atoms with Crippen molar-refractivity contribution in [3.8, 4) is 22.9 Å². The molecule has 0 amide bonds. The van der Waals surface area contributed by atoms with E-state index in [-0.39, 0.29) is 12.2 Å². The number of carbonyl (C=O) groups excluding carboxylic acids is 1. The molecule has 0 saturated heterocycles. The Bertz CT molecular complexity index is 1140. The monoisotopic (exact) mass is 401 g/mol. The van der Waals surface area contributed by atoms with Gasteiger partial charge in [0.15, 0.2) is 10.8 Å². The van der Waals surface area contributed by atoms with E-state index in [2.05, 4.69) is 22.4 Å². The number of Topliss-reactive ketones (excluding diaryl/α,β-unsaturated/α-hetero) is 1. The Morgan fingerprint density at radius 1 is 1.28 bits per heavy atom. The third-order valence-electron chi connectivity index (χ3n) is 5.46. The summed E-state index contributed by atoms with van der Waals surface area (Å²) in [6.45, 7) is 2.38. The fraction of sp³-hybridized carbons (Fsp3) is 0.261. The summed E-state index contributed by atoms with van der Waals surface area (Å²) in [5.41, 5.74) is 5.28.